The van der Waals surface area contributed by atoms with E-state index in [1.54, 1.807) is 18.3 Å². The number of benzene rings is 2. The van der Waals surface area contributed by atoms with Gasteiger partial charge < -0.3 is 0 Å². The minimum absolute atomic E-state index is 0.158. The van der Waals surface area contributed by atoms with Crippen molar-refractivity contribution in [3.8, 4) is 0 Å². The van der Waals surface area contributed by atoms with Crippen molar-refractivity contribution in [2.24, 2.45) is 5.10 Å². The third-order valence-corrected chi connectivity index (χ3v) is 2.73. The maximum absolute atomic E-state index is 11.6. The number of nitrogens with one attached hydrogen (secondary N) is 1. The third-order valence-electron chi connectivity index (χ3n) is 2.48. The van der Waals surface area contributed by atoms with Gasteiger partial charge in [0, 0.05) is 5.02 Å². The fraction of sp³-hybridized carbons (Fsp3) is 0.0667. The molecule has 3 nitrogen and oxygen atoms in total. The van der Waals surface area contributed by atoms with E-state index in [1.807, 2.05) is 42.5 Å². The van der Waals surface area contributed by atoms with Crippen LogP contribution in [0.15, 0.2) is 59.7 Å². The van der Waals surface area contributed by atoms with Crippen molar-refractivity contribution >= 4 is 23.7 Å². The first-order valence-corrected chi connectivity index (χ1v) is 6.23. The molecule has 0 bridgehead atoms. The Kier molecular flexibility index (Phi) is 4.70. The molecule has 0 aliphatic rings. The highest BCUT2D eigenvalue weighted by Crippen LogP contribution is 2.09. The number of carbonyl (C=O) groups excluding carboxylic acids is 1. The normalized spacial score (nSPS) is 10.6. The molecule has 2 aromatic carbocycles. The molecule has 0 aromatic heterocycles. The van der Waals surface area contributed by atoms with Crippen LogP contribution in [0.4, 0.5) is 0 Å². The van der Waals surface area contributed by atoms with Gasteiger partial charge in [0.15, 0.2) is 0 Å². The molecule has 96 valence electrons. The fourth-order valence-electron chi connectivity index (χ4n) is 1.55. The molecule has 1 N–H and O–H groups in total. The van der Waals surface area contributed by atoms with Gasteiger partial charge in [-0.2, -0.15) is 5.10 Å². The number of carbonyl (C=O) groups is 1. The van der Waals surface area contributed by atoms with E-state index in [4.69, 9.17) is 11.6 Å². The van der Waals surface area contributed by atoms with Gasteiger partial charge in [0.25, 0.3) is 0 Å². The van der Waals surface area contributed by atoms with Crippen LogP contribution in [0.2, 0.25) is 5.02 Å². The van der Waals surface area contributed by atoms with Gasteiger partial charge in [0.2, 0.25) is 5.91 Å². The molecule has 0 heterocycles. The number of rotatable bonds is 4. The highest BCUT2D eigenvalue weighted by Gasteiger charge is 2.01. The molecule has 0 aliphatic heterocycles. The highest BCUT2D eigenvalue weighted by molar-refractivity contribution is 6.30. The number of hydrogen-bond acceptors (Lipinski definition) is 2. The minimum Gasteiger partial charge on any atom is -0.273 e. The van der Waals surface area contributed by atoms with Crippen molar-refractivity contribution in [3.05, 3.63) is 70.7 Å². The van der Waals surface area contributed by atoms with Gasteiger partial charge in [0.05, 0.1) is 12.6 Å². The largest absolute Gasteiger partial charge is 0.273 e. The lowest BCUT2D eigenvalue weighted by Crippen LogP contribution is -2.19. The second kappa shape index (κ2) is 6.71. The van der Waals surface area contributed by atoms with Crippen LogP contribution in [0.3, 0.4) is 0 Å². The van der Waals surface area contributed by atoms with E-state index in [0.29, 0.717) is 5.02 Å². The average molecular weight is 273 g/mol. The van der Waals surface area contributed by atoms with Crippen LogP contribution in [-0.4, -0.2) is 12.1 Å². The van der Waals surface area contributed by atoms with E-state index in [9.17, 15) is 4.79 Å². The van der Waals surface area contributed by atoms with Gasteiger partial charge in [-0.1, -0.05) is 54.1 Å². The van der Waals surface area contributed by atoms with E-state index in [1.165, 1.54) is 0 Å². The first-order chi connectivity index (χ1) is 9.24. The van der Waals surface area contributed by atoms with E-state index in [-0.39, 0.29) is 12.3 Å². The van der Waals surface area contributed by atoms with Gasteiger partial charge in [-0.15, -0.1) is 0 Å². The number of halogens is 1. The van der Waals surface area contributed by atoms with Crippen molar-refractivity contribution in [3.63, 3.8) is 0 Å². The molecule has 4 heteroatoms. The maximum atomic E-state index is 11.6. The number of hydrogen-bond donors (Lipinski definition) is 1. The quantitative estimate of drug-likeness (QED) is 0.675. The summed E-state index contributed by atoms with van der Waals surface area (Å²) >= 11 is 5.78. The topological polar surface area (TPSA) is 41.5 Å². The summed E-state index contributed by atoms with van der Waals surface area (Å²) in [6, 6.07) is 16.7. The molecular weight excluding hydrogens is 260 g/mol. The Morgan fingerprint density at radius 1 is 1.11 bits per heavy atom. The molecule has 2 rings (SSSR count). The summed E-state index contributed by atoms with van der Waals surface area (Å²) in [6.07, 6.45) is 1.89. The Morgan fingerprint density at radius 2 is 1.79 bits per heavy atom. The average Bonchev–Trinajstić information content (AvgIpc) is 2.43. The highest BCUT2D eigenvalue weighted by atomic mass is 35.5. The van der Waals surface area contributed by atoms with Crippen LogP contribution in [0.25, 0.3) is 0 Å². The minimum atomic E-state index is -0.158. The van der Waals surface area contributed by atoms with Crippen LogP contribution >= 0.6 is 11.6 Å². The standard InChI is InChI=1S/C15H13ClN2O/c16-14-8-6-12(7-9-14)10-15(19)18-17-11-13-4-2-1-3-5-13/h1-9,11H,10H2,(H,18,19)/b17-11-. The molecule has 0 fully saturated rings. The zero-order valence-corrected chi connectivity index (χ0v) is 11.0. The monoisotopic (exact) mass is 272 g/mol. The lowest BCUT2D eigenvalue weighted by Gasteiger charge is -2.00. The molecule has 0 aliphatic carbocycles. The third kappa shape index (κ3) is 4.56. The van der Waals surface area contributed by atoms with Crippen LogP contribution in [-0.2, 0) is 11.2 Å². The molecule has 0 atom stereocenters. The summed E-state index contributed by atoms with van der Waals surface area (Å²) in [7, 11) is 0. The van der Waals surface area contributed by atoms with Crippen molar-refractivity contribution in [1.82, 2.24) is 5.43 Å². The maximum Gasteiger partial charge on any atom is 0.244 e. The SMILES string of the molecule is O=C(Cc1ccc(Cl)cc1)N/N=C\c1ccccc1. The van der Waals surface area contributed by atoms with Crippen molar-refractivity contribution in [2.45, 2.75) is 6.42 Å². The van der Waals surface area contributed by atoms with Crippen LogP contribution in [0, 0.1) is 0 Å². The zero-order valence-electron chi connectivity index (χ0n) is 10.2. The van der Waals surface area contributed by atoms with Crippen molar-refractivity contribution in [1.29, 1.82) is 0 Å². The fourth-order valence-corrected chi connectivity index (χ4v) is 1.67. The van der Waals surface area contributed by atoms with Crippen LogP contribution < -0.4 is 5.43 Å². The Bertz CT molecular complexity index is 564. The van der Waals surface area contributed by atoms with Gasteiger partial charge in [0.1, 0.15) is 0 Å². The lowest BCUT2D eigenvalue weighted by atomic mass is 10.1. The Labute approximate surface area is 116 Å². The second-order valence-electron chi connectivity index (χ2n) is 4.01. The Balaban J connectivity index is 1.85. The molecule has 1 amide bonds. The predicted octanol–water partition coefficient (Wildman–Crippen LogP) is 3.03. The first kappa shape index (κ1) is 13.3. The Morgan fingerprint density at radius 3 is 2.47 bits per heavy atom. The number of hydrazone groups is 1. The van der Waals surface area contributed by atoms with E-state index in [0.717, 1.165) is 11.1 Å². The predicted molar refractivity (Wildman–Crippen MR) is 77.3 cm³/mol. The molecule has 0 saturated carbocycles. The lowest BCUT2D eigenvalue weighted by molar-refractivity contribution is -0.120. The molecule has 19 heavy (non-hydrogen) atoms. The van der Waals surface area contributed by atoms with Crippen LogP contribution in [0.5, 0.6) is 0 Å². The molecule has 0 spiro atoms. The smallest absolute Gasteiger partial charge is 0.244 e. The van der Waals surface area contributed by atoms with Gasteiger partial charge in [-0.3, -0.25) is 4.79 Å². The zero-order chi connectivity index (χ0) is 13.5. The summed E-state index contributed by atoms with van der Waals surface area (Å²) in [5, 5.41) is 4.56. The van der Waals surface area contributed by atoms with E-state index in [2.05, 4.69) is 10.5 Å². The number of nitrogens with zero attached hydrogens (tertiary/aromatic N) is 1. The number of amides is 1. The summed E-state index contributed by atoms with van der Waals surface area (Å²) in [5.41, 5.74) is 4.33. The first-order valence-electron chi connectivity index (χ1n) is 5.85. The molecular formula is C15H13ClN2O. The summed E-state index contributed by atoms with van der Waals surface area (Å²) in [6.45, 7) is 0. The summed E-state index contributed by atoms with van der Waals surface area (Å²) in [4.78, 5) is 11.6. The molecule has 0 unspecified atom stereocenters. The molecule has 0 radical (unpaired) electrons. The summed E-state index contributed by atoms with van der Waals surface area (Å²) in [5.74, 6) is -0.158. The van der Waals surface area contributed by atoms with E-state index < -0.39 is 0 Å². The van der Waals surface area contributed by atoms with E-state index >= 15 is 0 Å². The molecule has 2 aromatic rings. The van der Waals surface area contributed by atoms with Gasteiger partial charge in [-0.05, 0) is 23.3 Å². The second-order valence-corrected chi connectivity index (χ2v) is 4.44. The molecule has 0 saturated heterocycles. The van der Waals surface area contributed by atoms with Crippen LogP contribution in [0.1, 0.15) is 11.1 Å². The van der Waals surface area contributed by atoms with Crippen molar-refractivity contribution in [2.75, 3.05) is 0 Å². The van der Waals surface area contributed by atoms with Gasteiger partial charge in [-0.25, -0.2) is 5.43 Å². The Hall–Kier alpha value is -2.13. The van der Waals surface area contributed by atoms with Gasteiger partial charge >= 0.3 is 0 Å². The summed E-state index contributed by atoms with van der Waals surface area (Å²) < 4.78 is 0. The van der Waals surface area contributed by atoms with Crippen molar-refractivity contribution < 1.29 is 4.79 Å².